The van der Waals surface area contributed by atoms with Crippen molar-refractivity contribution in [3.63, 3.8) is 0 Å². The number of alkyl halides is 2. The van der Waals surface area contributed by atoms with Gasteiger partial charge in [-0.1, -0.05) is 18.2 Å². The molecule has 1 saturated carbocycles. The Morgan fingerprint density at radius 2 is 1.90 bits per heavy atom. The Kier molecular flexibility index (Phi) is 4.59. The van der Waals surface area contributed by atoms with E-state index in [2.05, 4.69) is 15.3 Å². The zero-order chi connectivity index (χ0) is 20.9. The normalized spacial score (nSPS) is 16.2. The highest BCUT2D eigenvalue weighted by atomic mass is 19.3. The van der Waals surface area contributed by atoms with Crippen molar-refractivity contribution in [2.75, 3.05) is 5.32 Å². The third-order valence-electron chi connectivity index (χ3n) is 5.51. The Morgan fingerprint density at radius 3 is 2.55 bits per heavy atom. The average Bonchev–Trinajstić information content (AvgIpc) is 3.39. The number of aromatic nitrogens is 3. The molecule has 0 spiro atoms. The van der Waals surface area contributed by atoms with Crippen LogP contribution in [0.15, 0.2) is 35.3 Å². The Hall–Kier alpha value is -2.90. The van der Waals surface area contributed by atoms with E-state index in [9.17, 15) is 18.0 Å². The Bertz CT molecular complexity index is 1150. The SMILES string of the molecule is Cc1nc(N[C@@H](C)c2cccc(C(F)F)c2F)c2cn(C3(C)CC3)c(=O)cc2n1. The number of halogens is 3. The molecule has 4 rings (SSSR count). The fourth-order valence-electron chi connectivity index (χ4n) is 3.53. The molecule has 3 aromatic rings. The molecule has 0 unspecified atom stereocenters. The van der Waals surface area contributed by atoms with Gasteiger partial charge in [-0.15, -0.1) is 0 Å². The number of hydrogen-bond donors (Lipinski definition) is 1. The second-order valence-corrected chi connectivity index (χ2v) is 7.81. The van der Waals surface area contributed by atoms with Crippen molar-refractivity contribution in [1.82, 2.24) is 14.5 Å². The highest BCUT2D eigenvalue weighted by Gasteiger charge is 2.40. The first-order valence-corrected chi connectivity index (χ1v) is 9.44. The Labute approximate surface area is 165 Å². The summed E-state index contributed by atoms with van der Waals surface area (Å²) in [5, 5.41) is 3.74. The van der Waals surface area contributed by atoms with Crippen LogP contribution < -0.4 is 10.9 Å². The molecule has 0 saturated heterocycles. The third-order valence-corrected chi connectivity index (χ3v) is 5.51. The second kappa shape index (κ2) is 6.86. The molecule has 2 aromatic heterocycles. The minimum atomic E-state index is -2.89. The molecule has 8 heteroatoms. The predicted octanol–water partition coefficient (Wildman–Crippen LogP) is 4.86. The molecule has 1 aromatic carbocycles. The van der Waals surface area contributed by atoms with Crippen LogP contribution in [0.1, 0.15) is 56.1 Å². The van der Waals surface area contributed by atoms with Crippen molar-refractivity contribution in [2.24, 2.45) is 0 Å². The van der Waals surface area contributed by atoms with Crippen LogP contribution in [0, 0.1) is 12.7 Å². The van der Waals surface area contributed by atoms with Crippen molar-refractivity contribution >= 4 is 16.7 Å². The molecule has 1 aliphatic rings. The maximum Gasteiger partial charge on any atom is 0.266 e. The van der Waals surface area contributed by atoms with E-state index < -0.39 is 23.8 Å². The molecule has 5 nitrogen and oxygen atoms in total. The van der Waals surface area contributed by atoms with Crippen LogP contribution in [0.5, 0.6) is 0 Å². The molecule has 29 heavy (non-hydrogen) atoms. The van der Waals surface area contributed by atoms with Gasteiger partial charge in [0.15, 0.2) is 0 Å². The maximum absolute atomic E-state index is 14.6. The number of rotatable bonds is 5. The summed E-state index contributed by atoms with van der Waals surface area (Å²) >= 11 is 0. The van der Waals surface area contributed by atoms with Crippen LogP contribution in [0.2, 0.25) is 0 Å². The topological polar surface area (TPSA) is 59.8 Å². The molecule has 1 N–H and O–H groups in total. The number of nitrogens with zero attached hydrogens (tertiary/aromatic N) is 3. The van der Waals surface area contributed by atoms with Crippen molar-refractivity contribution in [3.8, 4) is 0 Å². The largest absolute Gasteiger partial charge is 0.363 e. The van der Waals surface area contributed by atoms with Crippen molar-refractivity contribution in [2.45, 2.75) is 51.6 Å². The van der Waals surface area contributed by atoms with E-state index in [1.807, 2.05) is 6.92 Å². The molecule has 152 valence electrons. The van der Waals surface area contributed by atoms with Gasteiger partial charge in [-0.25, -0.2) is 23.1 Å². The molecule has 1 fully saturated rings. The van der Waals surface area contributed by atoms with Gasteiger partial charge >= 0.3 is 0 Å². The van der Waals surface area contributed by atoms with E-state index in [0.717, 1.165) is 18.9 Å². The summed E-state index contributed by atoms with van der Waals surface area (Å²) in [6.07, 6.45) is 0.662. The quantitative estimate of drug-likeness (QED) is 0.662. The molecule has 0 bridgehead atoms. The van der Waals surface area contributed by atoms with Crippen LogP contribution in [0.25, 0.3) is 10.9 Å². The summed E-state index contributed by atoms with van der Waals surface area (Å²) in [5.41, 5.74) is -0.369. The van der Waals surface area contributed by atoms with Crippen LogP contribution >= 0.6 is 0 Å². The minimum absolute atomic E-state index is 0.120. The van der Waals surface area contributed by atoms with E-state index in [-0.39, 0.29) is 16.7 Å². The van der Waals surface area contributed by atoms with E-state index >= 15 is 0 Å². The highest BCUT2D eigenvalue weighted by molar-refractivity contribution is 5.88. The van der Waals surface area contributed by atoms with Gasteiger partial charge in [-0.2, -0.15) is 0 Å². The molecule has 1 atom stereocenters. The van der Waals surface area contributed by atoms with Gasteiger partial charge in [-0.05, 0) is 33.6 Å². The van der Waals surface area contributed by atoms with Gasteiger partial charge in [0.05, 0.1) is 22.5 Å². The van der Waals surface area contributed by atoms with Gasteiger partial charge in [0.2, 0.25) is 0 Å². The number of anilines is 1. The van der Waals surface area contributed by atoms with Gasteiger partial charge in [-0.3, -0.25) is 4.79 Å². The van der Waals surface area contributed by atoms with Crippen molar-refractivity contribution < 1.29 is 13.2 Å². The molecular weight excluding hydrogens is 381 g/mol. The summed E-state index contributed by atoms with van der Waals surface area (Å²) in [5.74, 6) is -0.0522. The molecule has 0 amide bonds. The van der Waals surface area contributed by atoms with Crippen molar-refractivity contribution in [3.05, 3.63) is 63.6 Å². The maximum atomic E-state index is 14.6. The lowest BCUT2D eigenvalue weighted by Gasteiger charge is -2.20. The molecule has 0 radical (unpaired) electrons. The smallest absolute Gasteiger partial charge is 0.266 e. The minimum Gasteiger partial charge on any atom is -0.363 e. The van der Waals surface area contributed by atoms with E-state index in [1.165, 1.54) is 18.2 Å². The summed E-state index contributed by atoms with van der Waals surface area (Å²) in [6, 6.07) is 4.81. The first-order valence-electron chi connectivity index (χ1n) is 9.44. The lowest BCUT2D eigenvalue weighted by molar-refractivity contribution is 0.146. The summed E-state index contributed by atoms with van der Waals surface area (Å²) in [7, 11) is 0. The van der Waals surface area contributed by atoms with Crippen molar-refractivity contribution in [1.29, 1.82) is 0 Å². The van der Waals surface area contributed by atoms with Crippen LogP contribution in [-0.2, 0) is 5.54 Å². The van der Waals surface area contributed by atoms with Gasteiger partial charge < -0.3 is 9.88 Å². The van der Waals surface area contributed by atoms with Gasteiger partial charge in [0, 0.05) is 23.4 Å². The number of pyridine rings is 1. The number of hydrogen-bond acceptors (Lipinski definition) is 4. The number of aryl methyl sites for hydroxylation is 1. The molecule has 2 heterocycles. The number of benzene rings is 1. The van der Waals surface area contributed by atoms with Gasteiger partial charge in [0.1, 0.15) is 17.5 Å². The lowest BCUT2D eigenvalue weighted by atomic mass is 10.0. The van der Waals surface area contributed by atoms with Crippen LogP contribution in [0.3, 0.4) is 0 Å². The standard InChI is InChI=1S/C21H21F3N4O/c1-11(13-5-4-6-14(18(13)22)19(23)24)25-20-15-10-28(21(3)7-8-21)17(29)9-16(15)26-12(2)27-20/h4-6,9-11,19H,7-8H2,1-3H3,(H,25,26,27)/t11-/m0/s1. The zero-order valence-corrected chi connectivity index (χ0v) is 16.3. The third kappa shape index (κ3) is 3.47. The van der Waals surface area contributed by atoms with E-state index in [4.69, 9.17) is 0 Å². The summed E-state index contributed by atoms with van der Waals surface area (Å²) in [4.78, 5) is 21.3. The predicted molar refractivity (Wildman–Crippen MR) is 105 cm³/mol. The zero-order valence-electron chi connectivity index (χ0n) is 16.3. The number of fused-ring (bicyclic) bond motifs is 1. The molecular formula is C21H21F3N4O. The highest BCUT2D eigenvalue weighted by Crippen LogP contribution is 2.42. The average molecular weight is 402 g/mol. The first kappa shape index (κ1) is 19.4. The van der Waals surface area contributed by atoms with E-state index in [1.54, 1.807) is 24.6 Å². The summed E-state index contributed by atoms with van der Waals surface area (Å²) < 4.78 is 42.3. The number of nitrogens with one attached hydrogen (secondary N) is 1. The second-order valence-electron chi connectivity index (χ2n) is 7.81. The van der Waals surface area contributed by atoms with E-state index in [0.29, 0.717) is 22.5 Å². The summed E-state index contributed by atoms with van der Waals surface area (Å²) in [6.45, 7) is 5.38. The fourth-order valence-corrected chi connectivity index (χ4v) is 3.53. The first-order chi connectivity index (χ1) is 13.7. The Balaban J connectivity index is 1.78. The fraction of sp³-hybridized carbons (Fsp3) is 0.381. The van der Waals surface area contributed by atoms with Crippen LogP contribution in [-0.4, -0.2) is 14.5 Å². The van der Waals surface area contributed by atoms with Gasteiger partial charge in [0.25, 0.3) is 12.0 Å². The monoisotopic (exact) mass is 402 g/mol. The molecule has 0 aliphatic heterocycles. The molecule has 1 aliphatic carbocycles. The Morgan fingerprint density at radius 1 is 1.21 bits per heavy atom. The lowest BCUT2D eigenvalue weighted by Crippen LogP contribution is -2.27. The van der Waals surface area contributed by atoms with Crippen LogP contribution in [0.4, 0.5) is 19.0 Å².